The molecule has 3 heterocycles. The van der Waals surface area contributed by atoms with Gasteiger partial charge >= 0.3 is 0 Å². The van der Waals surface area contributed by atoms with Gasteiger partial charge < -0.3 is 20.0 Å². The van der Waals surface area contributed by atoms with E-state index >= 15 is 0 Å². The number of furan rings is 1. The van der Waals surface area contributed by atoms with Crippen LogP contribution in [0.5, 0.6) is 0 Å². The van der Waals surface area contributed by atoms with E-state index in [0.717, 1.165) is 37.9 Å². The van der Waals surface area contributed by atoms with Crippen molar-refractivity contribution in [2.75, 3.05) is 53.4 Å². The Morgan fingerprint density at radius 3 is 2.79 bits per heavy atom. The summed E-state index contributed by atoms with van der Waals surface area (Å²) in [4.78, 5) is 9.28. The van der Waals surface area contributed by atoms with Crippen molar-refractivity contribution in [3.63, 3.8) is 0 Å². The first kappa shape index (κ1) is 17.3. The summed E-state index contributed by atoms with van der Waals surface area (Å²) in [6.07, 6.45) is 5.59. The summed E-state index contributed by atoms with van der Waals surface area (Å²) < 4.78 is 5.68. The minimum atomic E-state index is 0.277. The maximum Gasteiger partial charge on any atom is 0.191 e. The molecule has 0 saturated carbocycles. The molecule has 2 N–H and O–H groups in total. The Morgan fingerprint density at radius 2 is 2.17 bits per heavy atom. The summed E-state index contributed by atoms with van der Waals surface area (Å²) in [5, 5.41) is 6.98. The Labute approximate surface area is 145 Å². The SMILES string of the molecule is CN=C(NCC1CCN(C)C1)NCC(c1ccco1)N1CCCC1. The van der Waals surface area contributed by atoms with Crippen LogP contribution in [-0.4, -0.2) is 69.1 Å². The summed E-state index contributed by atoms with van der Waals surface area (Å²) in [5.74, 6) is 2.64. The molecule has 2 aliphatic heterocycles. The molecular formula is C18H31N5O. The molecule has 2 aliphatic rings. The highest BCUT2D eigenvalue weighted by atomic mass is 16.3. The van der Waals surface area contributed by atoms with E-state index in [1.807, 2.05) is 13.1 Å². The van der Waals surface area contributed by atoms with Crippen LogP contribution in [0.4, 0.5) is 0 Å². The van der Waals surface area contributed by atoms with Crippen molar-refractivity contribution in [3.05, 3.63) is 24.2 Å². The monoisotopic (exact) mass is 333 g/mol. The fraction of sp³-hybridized carbons (Fsp3) is 0.722. The molecule has 0 aliphatic carbocycles. The van der Waals surface area contributed by atoms with E-state index in [1.165, 1.54) is 32.4 Å². The lowest BCUT2D eigenvalue weighted by Gasteiger charge is -2.27. The van der Waals surface area contributed by atoms with Crippen LogP contribution in [0.15, 0.2) is 27.8 Å². The first-order valence-electron chi connectivity index (χ1n) is 9.17. The average molecular weight is 333 g/mol. The van der Waals surface area contributed by atoms with Gasteiger partial charge in [-0.15, -0.1) is 0 Å². The van der Waals surface area contributed by atoms with Crippen LogP contribution >= 0.6 is 0 Å². The van der Waals surface area contributed by atoms with Crippen LogP contribution in [0.1, 0.15) is 31.1 Å². The number of aliphatic imine (C=N–C) groups is 1. The predicted molar refractivity (Wildman–Crippen MR) is 97.2 cm³/mol. The van der Waals surface area contributed by atoms with Crippen molar-refractivity contribution in [1.82, 2.24) is 20.4 Å². The minimum Gasteiger partial charge on any atom is -0.468 e. The third-order valence-electron chi connectivity index (χ3n) is 5.19. The smallest absolute Gasteiger partial charge is 0.191 e. The zero-order chi connectivity index (χ0) is 16.8. The third-order valence-corrected chi connectivity index (χ3v) is 5.19. The van der Waals surface area contributed by atoms with Gasteiger partial charge in [0.2, 0.25) is 0 Å². The molecule has 0 amide bonds. The van der Waals surface area contributed by atoms with E-state index in [1.54, 1.807) is 6.26 Å². The van der Waals surface area contributed by atoms with Gasteiger partial charge in [-0.2, -0.15) is 0 Å². The first-order valence-corrected chi connectivity index (χ1v) is 9.17. The fourth-order valence-corrected chi connectivity index (χ4v) is 3.79. The van der Waals surface area contributed by atoms with Gasteiger partial charge in [0.25, 0.3) is 0 Å². The van der Waals surface area contributed by atoms with Gasteiger partial charge in [-0.25, -0.2) is 0 Å². The molecule has 0 bridgehead atoms. The minimum absolute atomic E-state index is 0.277. The van der Waals surface area contributed by atoms with Crippen molar-refractivity contribution >= 4 is 5.96 Å². The molecule has 6 nitrogen and oxygen atoms in total. The van der Waals surface area contributed by atoms with Gasteiger partial charge in [0.15, 0.2) is 5.96 Å². The van der Waals surface area contributed by atoms with Gasteiger partial charge in [-0.05, 0) is 64.0 Å². The second-order valence-corrected chi connectivity index (χ2v) is 7.03. The number of likely N-dealkylation sites (tertiary alicyclic amines) is 2. The van der Waals surface area contributed by atoms with Crippen molar-refractivity contribution in [2.24, 2.45) is 10.9 Å². The number of guanidine groups is 1. The Kier molecular flexibility index (Phi) is 6.15. The van der Waals surface area contributed by atoms with Crippen LogP contribution in [0.3, 0.4) is 0 Å². The van der Waals surface area contributed by atoms with E-state index in [-0.39, 0.29) is 6.04 Å². The second kappa shape index (κ2) is 8.53. The van der Waals surface area contributed by atoms with Crippen molar-refractivity contribution < 1.29 is 4.42 Å². The molecule has 2 unspecified atom stereocenters. The van der Waals surface area contributed by atoms with Crippen LogP contribution < -0.4 is 10.6 Å². The molecule has 2 atom stereocenters. The topological polar surface area (TPSA) is 56.0 Å². The van der Waals surface area contributed by atoms with E-state index < -0.39 is 0 Å². The van der Waals surface area contributed by atoms with Crippen molar-refractivity contribution in [3.8, 4) is 0 Å². The fourth-order valence-electron chi connectivity index (χ4n) is 3.79. The molecule has 0 radical (unpaired) electrons. The quantitative estimate of drug-likeness (QED) is 0.611. The van der Waals surface area contributed by atoms with Crippen molar-refractivity contribution in [1.29, 1.82) is 0 Å². The first-order chi connectivity index (χ1) is 11.8. The van der Waals surface area contributed by atoms with Crippen LogP contribution in [0.2, 0.25) is 0 Å². The molecule has 2 fully saturated rings. The number of hydrogen-bond acceptors (Lipinski definition) is 4. The standard InChI is InChI=1S/C18H31N5O/c1-19-18(20-12-15-7-10-22(2)14-15)21-13-16(17-6-5-11-24-17)23-8-3-4-9-23/h5-6,11,15-16H,3-4,7-10,12-14H2,1-2H3,(H2,19,20,21). The summed E-state index contributed by atoms with van der Waals surface area (Å²) in [6, 6.07) is 4.33. The molecule has 0 spiro atoms. The lowest BCUT2D eigenvalue weighted by molar-refractivity contribution is 0.215. The average Bonchev–Trinajstić information content (AvgIpc) is 3.33. The highest BCUT2D eigenvalue weighted by molar-refractivity contribution is 5.79. The summed E-state index contributed by atoms with van der Waals surface area (Å²) in [5.41, 5.74) is 0. The molecule has 1 aromatic heterocycles. The van der Waals surface area contributed by atoms with E-state index in [9.17, 15) is 0 Å². The summed E-state index contributed by atoms with van der Waals surface area (Å²) in [6.45, 7) is 6.47. The highest BCUT2D eigenvalue weighted by Gasteiger charge is 2.26. The molecule has 3 rings (SSSR count). The molecule has 1 aromatic rings. The third kappa shape index (κ3) is 4.51. The van der Waals surface area contributed by atoms with Crippen LogP contribution in [0.25, 0.3) is 0 Å². The number of nitrogens with zero attached hydrogens (tertiary/aromatic N) is 3. The van der Waals surface area contributed by atoms with Gasteiger partial charge in [0.05, 0.1) is 12.3 Å². The molecule has 6 heteroatoms. The predicted octanol–water partition coefficient (Wildman–Crippen LogP) is 1.53. The largest absolute Gasteiger partial charge is 0.468 e. The normalized spacial score (nSPS) is 24.4. The molecular weight excluding hydrogens is 302 g/mol. The molecule has 134 valence electrons. The zero-order valence-corrected chi connectivity index (χ0v) is 15.0. The zero-order valence-electron chi connectivity index (χ0n) is 15.0. The number of hydrogen-bond donors (Lipinski definition) is 2. The van der Waals surface area contributed by atoms with E-state index in [4.69, 9.17) is 4.42 Å². The maximum absolute atomic E-state index is 5.68. The van der Waals surface area contributed by atoms with Gasteiger partial charge in [-0.1, -0.05) is 0 Å². The van der Waals surface area contributed by atoms with Gasteiger partial charge in [0, 0.05) is 26.7 Å². The lowest BCUT2D eigenvalue weighted by Crippen LogP contribution is -2.44. The Balaban J connectivity index is 1.50. The van der Waals surface area contributed by atoms with E-state index in [2.05, 4.69) is 38.5 Å². The maximum atomic E-state index is 5.68. The molecule has 24 heavy (non-hydrogen) atoms. The Hall–Kier alpha value is -1.53. The lowest BCUT2D eigenvalue weighted by atomic mass is 10.1. The molecule has 2 saturated heterocycles. The van der Waals surface area contributed by atoms with E-state index in [0.29, 0.717) is 5.92 Å². The Bertz CT molecular complexity index is 509. The molecule has 0 aromatic carbocycles. The summed E-state index contributed by atoms with van der Waals surface area (Å²) in [7, 11) is 4.03. The number of rotatable bonds is 6. The highest BCUT2D eigenvalue weighted by Crippen LogP contribution is 2.24. The van der Waals surface area contributed by atoms with Crippen LogP contribution in [0, 0.1) is 5.92 Å². The second-order valence-electron chi connectivity index (χ2n) is 7.03. The van der Waals surface area contributed by atoms with Gasteiger partial charge in [-0.3, -0.25) is 9.89 Å². The number of nitrogens with one attached hydrogen (secondary N) is 2. The van der Waals surface area contributed by atoms with Crippen LogP contribution in [-0.2, 0) is 0 Å². The van der Waals surface area contributed by atoms with Gasteiger partial charge in [0.1, 0.15) is 5.76 Å². The van der Waals surface area contributed by atoms with Crippen molar-refractivity contribution in [2.45, 2.75) is 25.3 Å². The summed E-state index contributed by atoms with van der Waals surface area (Å²) >= 11 is 0. The Morgan fingerprint density at radius 1 is 1.33 bits per heavy atom.